The lowest BCUT2D eigenvalue weighted by molar-refractivity contribution is -0.136. The van der Waals surface area contributed by atoms with Crippen molar-refractivity contribution in [3.63, 3.8) is 0 Å². The first kappa shape index (κ1) is 23.0. The van der Waals surface area contributed by atoms with Crippen molar-refractivity contribution in [2.45, 2.75) is 25.7 Å². The summed E-state index contributed by atoms with van der Waals surface area (Å²) in [5, 5.41) is 2.80. The summed E-state index contributed by atoms with van der Waals surface area (Å²) in [7, 11) is 0. The number of alkyl halides is 3. The molecule has 0 bridgehead atoms. The summed E-state index contributed by atoms with van der Waals surface area (Å²) in [4.78, 5) is 33.0. The van der Waals surface area contributed by atoms with E-state index in [0.29, 0.717) is 22.2 Å². The molecule has 1 aliphatic rings. The first-order valence-electron chi connectivity index (χ1n) is 10.7. The van der Waals surface area contributed by atoms with Crippen LogP contribution in [0.2, 0.25) is 0 Å². The van der Waals surface area contributed by atoms with Gasteiger partial charge in [0.05, 0.1) is 36.1 Å². The molecule has 0 radical (unpaired) electrons. The average Bonchev–Trinajstić information content (AvgIpc) is 3.20. The van der Waals surface area contributed by atoms with Crippen molar-refractivity contribution in [3.8, 4) is 0 Å². The lowest BCUT2D eigenvalue weighted by Gasteiger charge is -2.27. The van der Waals surface area contributed by atoms with Crippen molar-refractivity contribution in [1.29, 1.82) is 0 Å². The third-order valence-electron chi connectivity index (χ3n) is 5.89. The summed E-state index contributed by atoms with van der Waals surface area (Å²) in [6.45, 7) is 0.399. The molecule has 2 aromatic heterocycles. The predicted molar refractivity (Wildman–Crippen MR) is 124 cm³/mol. The van der Waals surface area contributed by atoms with E-state index in [1.807, 2.05) is 0 Å². The van der Waals surface area contributed by atoms with Gasteiger partial charge >= 0.3 is 12.2 Å². The van der Waals surface area contributed by atoms with Gasteiger partial charge in [0, 0.05) is 17.0 Å². The van der Waals surface area contributed by atoms with Gasteiger partial charge in [0.2, 0.25) is 0 Å². The minimum atomic E-state index is -4.60. The third kappa shape index (κ3) is 4.39. The largest absolute Gasteiger partial charge is 0.418 e. The van der Waals surface area contributed by atoms with Crippen LogP contribution in [0, 0.1) is 5.82 Å². The number of para-hydroxylation sites is 1. The highest BCUT2D eigenvalue weighted by Gasteiger charge is 2.34. The zero-order valence-electron chi connectivity index (χ0n) is 18.1. The topological polar surface area (TPSA) is 67.2 Å². The number of carbonyl (C=O) groups is 1. The fraction of sp³-hybridized carbons (Fsp3) is 0.208. The number of benzene rings is 2. The van der Waals surface area contributed by atoms with Gasteiger partial charge in [0.1, 0.15) is 10.6 Å². The van der Waals surface area contributed by atoms with Crippen molar-refractivity contribution < 1.29 is 22.4 Å². The fourth-order valence-corrected chi connectivity index (χ4v) is 5.34. The van der Waals surface area contributed by atoms with Crippen LogP contribution >= 0.6 is 11.3 Å². The maximum atomic E-state index is 14.1. The molecule has 0 spiro atoms. The van der Waals surface area contributed by atoms with Crippen LogP contribution in [0.25, 0.3) is 10.2 Å². The molecule has 0 atom stereocenters. The van der Waals surface area contributed by atoms with Crippen molar-refractivity contribution in [1.82, 2.24) is 14.5 Å². The van der Waals surface area contributed by atoms with E-state index in [2.05, 4.69) is 10.3 Å². The Kier molecular flexibility index (Phi) is 5.79. The van der Waals surface area contributed by atoms with E-state index in [0.717, 1.165) is 16.5 Å². The number of hydrogen-bond donors (Lipinski definition) is 1. The van der Waals surface area contributed by atoms with Gasteiger partial charge in [0.15, 0.2) is 0 Å². The van der Waals surface area contributed by atoms with E-state index in [4.69, 9.17) is 0 Å². The number of carbonyl (C=O) groups excluding carboxylic acids is 1. The number of nitrogens with zero attached hydrogens (tertiary/aromatic N) is 3. The number of fused-ring (bicyclic) bond motifs is 3. The van der Waals surface area contributed by atoms with E-state index in [1.165, 1.54) is 51.4 Å². The van der Waals surface area contributed by atoms with Gasteiger partial charge in [-0.15, -0.1) is 11.3 Å². The highest BCUT2D eigenvalue weighted by Crippen LogP contribution is 2.36. The van der Waals surface area contributed by atoms with E-state index < -0.39 is 23.6 Å². The Morgan fingerprint density at radius 2 is 1.86 bits per heavy atom. The summed E-state index contributed by atoms with van der Waals surface area (Å²) in [6, 6.07) is 10.3. The van der Waals surface area contributed by atoms with Crippen LogP contribution in [0.5, 0.6) is 0 Å². The van der Waals surface area contributed by atoms with Gasteiger partial charge in [-0.3, -0.25) is 9.36 Å². The average molecular weight is 502 g/mol. The zero-order chi connectivity index (χ0) is 24.7. The zero-order valence-corrected chi connectivity index (χ0v) is 18.9. The molecule has 1 aliphatic heterocycles. The Bertz CT molecular complexity index is 1500. The molecular formula is C24H18F4N4O2S. The summed E-state index contributed by atoms with van der Waals surface area (Å²) in [5.41, 5.74) is -0.405. The lowest BCUT2D eigenvalue weighted by atomic mass is 10.1. The van der Waals surface area contributed by atoms with Gasteiger partial charge < -0.3 is 10.2 Å². The smallest absolute Gasteiger partial charge is 0.319 e. The Labute approximate surface area is 200 Å². The van der Waals surface area contributed by atoms with Gasteiger partial charge in [-0.2, -0.15) is 13.2 Å². The third-order valence-corrected chi connectivity index (χ3v) is 7.01. The molecule has 0 aliphatic carbocycles. The normalized spacial score (nSPS) is 13.7. The molecular weight excluding hydrogens is 484 g/mol. The first-order valence-corrected chi connectivity index (χ1v) is 11.5. The number of amides is 2. The van der Waals surface area contributed by atoms with Crippen LogP contribution in [0.3, 0.4) is 0 Å². The number of nitrogens with one attached hydrogen (secondary N) is 1. The fourth-order valence-electron chi connectivity index (χ4n) is 4.15. The van der Waals surface area contributed by atoms with Crippen molar-refractivity contribution in [2.24, 2.45) is 0 Å². The van der Waals surface area contributed by atoms with E-state index in [1.54, 1.807) is 18.2 Å². The molecule has 35 heavy (non-hydrogen) atoms. The summed E-state index contributed by atoms with van der Waals surface area (Å²) in [6.07, 6.45) is -2.87. The molecule has 3 heterocycles. The Balaban J connectivity index is 1.40. The van der Waals surface area contributed by atoms with Crippen molar-refractivity contribution in [2.75, 3.05) is 11.9 Å². The van der Waals surface area contributed by atoms with Gasteiger partial charge in [-0.25, -0.2) is 14.2 Å². The van der Waals surface area contributed by atoms with Crippen LogP contribution in [-0.2, 0) is 25.7 Å². The standard InChI is InChI=1S/C24H18F4N4O2S/c25-17-7-3-1-5-14(17)11-32-13-29-21-20(22(32)33)15-9-10-31(12-19(15)35-21)23(34)30-18-8-4-2-6-16(18)24(26,27)28/h1-8,13H,9-12H2,(H,30,34). The predicted octanol–water partition coefficient (Wildman–Crippen LogP) is 5.25. The number of thiophene rings is 1. The Morgan fingerprint density at radius 3 is 2.63 bits per heavy atom. The van der Waals surface area contributed by atoms with Gasteiger partial charge in [0.25, 0.3) is 5.56 Å². The summed E-state index contributed by atoms with van der Waals surface area (Å²) in [5.74, 6) is -0.416. The molecule has 0 fully saturated rings. The van der Waals surface area contributed by atoms with E-state index >= 15 is 0 Å². The second-order valence-corrected chi connectivity index (χ2v) is 9.18. The van der Waals surface area contributed by atoms with Gasteiger partial charge in [-0.1, -0.05) is 30.3 Å². The molecule has 5 rings (SSSR count). The molecule has 2 amide bonds. The highest BCUT2D eigenvalue weighted by molar-refractivity contribution is 7.18. The van der Waals surface area contributed by atoms with Gasteiger partial charge in [-0.05, 0) is 30.2 Å². The Hall–Kier alpha value is -3.73. The van der Waals surface area contributed by atoms with E-state index in [-0.39, 0.29) is 30.9 Å². The Morgan fingerprint density at radius 1 is 1.11 bits per heavy atom. The quantitative estimate of drug-likeness (QED) is 0.389. The maximum Gasteiger partial charge on any atom is 0.418 e. The number of halogens is 4. The van der Waals surface area contributed by atoms with Crippen molar-refractivity contribution >= 4 is 33.3 Å². The van der Waals surface area contributed by atoms with E-state index in [9.17, 15) is 27.2 Å². The first-order chi connectivity index (χ1) is 16.7. The lowest BCUT2D eigenvalue weighted by Crippen LogP contribution is -2.39. The monoisotopic (exact) mass is 502 g/mol. The summed E-state index contributed by atoms with van der Waals surface area (Å²) < 4.78 is 55.2. The molecule has 6 nitrogen and oxygen atoms in total. The second kappa shape index (κ2) is 8.81. The number of hydrogen-bond acceptors (Lipinski definition) is 4. The SMILES string of the molecule is O=C(Nc1ccccc1C(F)(F)F)N1CCc2c(sc3ncn(Cc4ccccc4F)c(=O)c23)C1. The highest BCUT2D eigenvalue weighted by atomic mass is 32.1. The second-order valence-electron chi connectivity index (χ2n) is 8.10. The molecule has 0 saturated carbocycles. The van der Waals surface area contributed by atoms with Crippen LogP contribution < -0.4 is 10.9 Å². The minimum absolute atomic E-state index is 0.0339. The van der Waals surface area contributed by atoms with Crippen LogP contribution in [0.4, 0.5) is 28.0 Å². The van der Waals surface area contributed by atoms with Crippen LogP contribution in [0.15, 0.2) is 59.7 Å². The molecule has 0 unspecified atom stereocenters. The maximum absolute atomic E-state index is 14.1. The number of urea groups is 1. The van der Waals surface area contributed by atoms with Crippen LogP contribution in [-0.4, -0.2) is 27.0 Å². The number of anilines is 1. The molecule has 0 saturated heterocycles. The minimum Gasteiger partial charge on any atom is -0.319 e. The summed E-state index contributed by atoms with van der Waals surface area (Å²) >= 11 is 1.27. The molecule has 11 heteroatoms. The van der Waals surface area contributed by atoms with Crippen molar-refractivity contribution in [3.05, 3.63) is 92.6 Å². The molecule has 4 aromatic rings. The molecule has 1 N–H and O–H groups in total. The number of rotatable bonds is 3. The van der Waals surface area contributed by atoms with Crippen LogP contribution in [0.1, 0.15) is 21.6 Å². The molecule has 2 aromatic carbocycles. The molecule has 180 valence electrons. The number of aromatic nitrogens is 2.